The van der Waals surface area contributed by atoms with E-state index in [4.69, 9.17) is 9.73 Å². The van der Waals surface area contributed by atoms with Crippen LogP contribution in [0.3, 0.4) is 0 Å². The minimum absolute atomic E-state index is 0.248. The Hall–Kier alpha value is -2.83. The summed E-state index contributed by atoms with van der Waals surface area (Å²) >= 11 is 0. The van der Waals surface area contributed by atoms with Crippen LogP contribution in [0.2, 0.25) is 0 Å². The molecule has 1 atom stereocenters. The summed E-state index contributed by atoms with van der Waals surface area (Å²) in [6.07, 6.45) is 4.12. The van der Waals surface area contributed by atoms with Crippen LogP contribution >= 0.6 is 0 Å². The third-order valence-corrected chi connectivity index (χ3v) is 5.55. The molecule has 0 aliphatic carbocycles. The van der Waals surface area contributed by atoms with Crippen molar-refractivity contribution in [2.45, 2.75) is 31.7 Å². The molecule has 0 radical (unpaired) electrons. The van der Waals surface area contributed by atoms with Gasteiger partial charge in [-0.15, -0.1) is 0 Å². The minimum Gasteiger partial charge on any atom is -0.497 e. The maximum Gasteiger partial charge on any atom is 0.332 e. The maximum absolute atomic E-state index is 13.1. The Labute approximate surface area is 157 Å². The Morgan fingerprint density at radius 2 is 1.78 bits per heavy atom. The Kier molecular flexibility index (Phi) is 4.37. The minimum atomic E-state index is -0.348. The van der Waals surface area contributed by atoms with E-state index in [0.29, 0.717) is 11.4 Å². The lowest BCUT2D eigenvalue weighted by Gasteiger charge is -2.37. The molecule has 27 heavy (non-hydrogen) atoms. The van der Waals surface area contributed by atoms with E-state index in [-0.39, 0.29) is 17.3 Å². The van der Waals surface area contributed by atoms with E-state index in [1.165, 1.54) is 16.2 Å². The standard InChI is InChI=1S/C20H24N4O3/c1-22-18-16(19(25)23(2)20(22)26)17(13-8-10-14(27-3)11-9-13)24-12-6-4-5-7-15(24)21-18/h8-11,17H,4-7,12H2,1-3H3/t17-/m0/s1. The highest BCUT2D eigenvalue weighted by Crippen LogP contribution is 2.38. The van der Waals surface area contributed by atoms with Crippen molar-refractivity contribution in [3.05, 3.63) is 56.2 Å². The van der Waals surface area contributed by atoms with Gasteiger partial charge in [0.15, 0.2) is 0 Å². The zero-order valence-electron chi connectivity index (χ0n) is 15.9. The van der Waals surface area contributed by atoms with E-state index in [9.17, 15) is 9.59 Å². The zero-order valence-corrected chi connectivity index (χ0v) is 15.9. The highest BCUT2D eigenvalue weighted by Gasteiger charge is 2.36. The van der Waals surface area contributed by atoms with Crippen LogP contribution < -0.4 is 16.0 Å². The summed E-state index contributed by atoms with van der Waals surface area (Å²) in [7, 11) is 4.84. The van der Waals surface area contributed by atoms with Crippen molar-refractivity contribution in [3.63, 3.8) is 0 Å². The van der Waals surface area contributed by atoms with Crippen LogP contribution in [0.15, 0.2) is 38.8 Å². The Bertz CT molecular complexity index is 1020. The molecule has 2 aliphatic heterocycles. The van der Waals surface area contributed by atoms with Gasteiger partial charge < -0.3 is 9.64 Å². The fourth-order valence-corrected chi connectivity index (χ4v) is 4.06. The number of rotatable bonds is 2. The highest BCUT2D eigenvalue weighted by molar-refractivity contribution is 5.88. The van der Waals surface area contributed by atoms with Crippen molar-refractivity contribution in [3.8, 4) is 5.75 Å². The van der Waals surface area contributed by atoms with Gasteiger partial charge in [-0.05, 0) is 30.5 Å². The van der Waals surface area contributed by atoms with Crippen molar-refractivity contribution in [2.75, 3.05) is 13.7 Å². The van der Waals surface area contributed by atoms with Crippen LogP contribution in [0, 0.1) is 0 Å². The maximum atomic E-state index is 13.1. The molecule has 4 rings (SSSR count). The molecule has 2 aromatic rings. The molecular weight excluding hydrogens is 344 g/mol. The largest absolute Gasteiger partial charge is 0.497 e. The van der Waals surface area contributed by atoms with Crippen molar-refractivity contribution < 1.29 is 4.74 Å². The molecule has 7 heteroatoms. The smallest absolute Gasteiger partial charge is 0.332 e. The van der Waals surface area contributed by atoms with Gasteiger partial charge in [-0.3, -0.25) is 13.9 Å². The van der Waals surface area contributed by atoms with Gasteiger partial charge in [-0.1, -0.05) is 18.6 Å². The van der Waals surface area contributed by atoms with Gasteiger partial charge in [0.1, 0.15) is 17.4 Å². The second-order valence-electron chi connectivity index (χ2n) is 7.15. The molecule has 7 nitrogen and oxygen atoms in total. The number of aliphatic imine (C=N–C) groups is 1. The third kappa shape index (κ3) is 2.78. The molecule has 0 unspecified atom stereocenters. The lowest BCUT2D eigenvalue weighted by Crippen LogP contribution is -2.46. The topological polar surface area (TPSA) is 68.8 Å². The van der Waals surface area contributed by atoms with Crippen molar-refractivity contribution in [2.24, 2.45) is 19.1 Å². The average Bonchev–Trinajstić information content (AvgIpc) is 2.94. The number of methoxy groups -OCH3 is 1. The Morgan fingerprint density at radius 1 is 1.04 bits per heavy atom. The summed E-state index contributed by atoms with van der Waals surface area (Å²) in [4.78, 5) is 32.5. The summed E-state index contributed by atoms with van der Waals surface area (Å²) < 4.78 is 7.94. The zero-order chi connectivity index (χ0) is 19.1. The lowest BCUT2D eigenvalue weighted by atomic mass is 9.96. The normalized spacial score (nSPS) is 19.0. The first kappa shape index (κ1) is 17.6. The Balaban J connectivity index is 1.99. The van der Waals surface area contributed by atoms with E-state index in [0.717, 1.165) is 49.4 Å². The van der Waals surface area contributed by atoms with E-state index >= 15 is 0 Å². The molecule has 142 valence electrons. The molecule has 2 aliphatic rings. The number of ether oxygens (including phenoxy) is 1. The summed E-state index contributed by atoms with van der Waals surface area (Å²) in [6, 6.07) is 7.55. The molecule has 0 saturated carbocycles. The van der Waals surface area contributed by atoms with Gasteiger partial charge in [0.25, 0.3) is 5.56 Å². The van der Waals surface area contributed by atoms with Crippen LogP contribution in [-0.4, -0.2) is 33.5 Å². The monoisotopic (exact) mass is 368 g/mol. The lowest BCUT2D eigenvalue weighted by molar-refractivity contribution is 0.341. The molecule has 1 fully saturated rings. The third-order valence-electron chi connectivity index (χ3n) is 5.55. The fraction of sp³-hybridized carbons (Fsp3) is 0.450. The molecule has 1 saturated heterocycles. The summed E-state index contributed by atoms with van der Waals surface area (Å²) in [5.74, 6) is 2.22. The van der Waals surface area contributed by atoms with Crippen LogP contribution in [-0.2, 0) is 14.1 Å². The molecule has 0 amide bonds. The van der Waals surface area contributed by atoms with Crippen molar-refractivity contribution >= 4 is 11.7 Å². The van der Waals surface area contributed by atoms with Gasteiger partial charge >= 0.3 is 5.69 Å². The number of amidine groups is 1. The second-order valence-corrected chi connectivity index (χ2v) is 7.15. The van der Waals surface area contributed by atoms with E-state index < -0.39 is 0 Å². The number of hydrogen-bond donors (Lipinski definition) is 0. The van der Waals surface area contributed by atoms with Crippen molar-refractivity contribution in [1.82, 2.24) is 14.0 Å². The van der Waals surface area contributed by atoms with Gasteiger partial charge in [0.05, 0.1) is 18.7 Å². The highest BCUT2D eigenvalue weighted by atomic mass is 16.5. The van der Waals surface area contributed by atoms with E-state index in [1.54, 1.807) is 14.2 Å². The predicted molar refractivity (Wildman–Crippen MR) is 104 cm³/mol. The predicted octanol–water partition coefficient (Wildman–Crippen LogP) is 2.10. The SMILES string of the molecule is COc1ccc([C@H]2c3c(n(C)c(=O)n(C)c3=O)N=C3CCCCCN32)cc1. The first-order valence-electron chi connectivity index (χ1n) is 9.31. The molecular formula is C20H24N4O3. The van der Waals surface area contributed by atoms with Crippen molar-refractivity contribution in [1.29, 1.82) is 0 Å². The molecule has 1 aromatic heterocycles. The van der Waals surface area contributed by atoms with Crippen LogP contribution in [0.1, 0.15) is 42.9 Å². The molecule has 0 bridgehead atoms. The summed E-state index contributed by atoms with van der Waals surface area (Å²) in [6.45, 7) is 0.848. The number of fused-ring (bicyclic) bond motifs is 2. The molecule has 3 heterocycles. The van der Waals surface area contributed by atoms with Crippen LogP contribution in [0.5, 0.6) is 5.75 Å². The van der Waals surface area contributed by atoms with E-state index in [1.807, 2.05) is 24.3 Å². The first-order valence-corrected chi connectivity index (χ1v) is 9.31. The first-order chi connectivity index (χ1) is 13.0. The van der Waals surface area contributed by atoms with Gasteiger partial charge in [-0.2, -0.15) is 0 Å². The summed E-state index contributed by atoms with van der Waals surface area (Å²) in [5.41, 5.74) is 0.942. The van der Waals surface area contributed by atoms with Gasteiger partial charge in [0.2, 0.25) is 0 Å². The second kappa shape index (κ2) is 6.72. The molecule has 0 N–H and O–H groups in total. The quantitative estimate of drug-likeness (QED) is 0.814. The summed E-state index contributed by atoms with van der Waals surface area (Å²) in [5, 5.41) is 0. The van der Waals surface area contributed by atoms with Crippen LogP contribution in [0.4, 0.5) is 5.82 Å². The van der Waals surface area contributed by atoms with Gasteiger partial charge in [0, 0.05) is 27.1 Å². The number of aromatic nitrogens is 2. The fourth-order valence-electron chi connectivity index (χ4n) is 4.06. The van der Waals surface area contributed by atoms with Gasteiger partial charge in [-0.25, -0.2) is 9.79 Å². The van der Waals surface area contributed by atoms with Crippen LogP contribution in [0.25, 0.3) is 0 Å². The molecule has 1 aromatic carbocycles. The Morgan fingerprint density at radius 3 is 2.48 bits per heavy atom. The number of nitrogens with zero attached hydrogens (tertiary/aromatic N) is 4. The van der Waals surface area contributed by atoms with E-state index in [2.05, 4.69) is 4.90 Å². The number of benzene rings is 1. The molecule has 0 spiro atoms. The average molecular weight is 368 g/mol. The number of hydrogen-bond acceptors (Lipinski definition) is 5.